The lowest BCUT2D eigenvalue weighted by molar-refractivity contribution is 0.652. The van der Waals surface area contributed by atoms with Gasteiger partial charge in [-0.1, -0.05) is 61.0 Å². The summed E-state index contributed by atoms with van der Waals surface area (Å²) < 4.78 is 0. The average molecular weight is 361 g/mol. The van der Waals surface area contributed by atoms with Gasteiger partial charge in [-0.3, -0.25) is 0 Å². The van der Waals surface area contributed by atoms with Gasteiger partial charge in [0, 0.05) is 17.1 Å². The Morgan fingerprint density at radius 2 is 1.62 bits per heavy atom. The van der Waals surface area contributed by atoms with Crippen molar-refractivity contribution in [3.8, 4) is 0 Å². The first-order valence-corrected chi connectivity index (χ1v) is 9.38. The van der Waals surface area contributed by atoms with E-state index in [2.05, 4.69) is 48.2 Å². The van der Waals surface area contributed by atoms with Gasteiger partial charge in [-0.15, -0.1) is 0 Å². The second-order valence-electron chi connectivity index (χ2n) is 6.53. The minimum absolute atomic E-state index is 0.294. The lowest BCUT2D eigenvalue weighted by atomic mass is 9.92. The maximum Gasteiger partial charge on any atom is 0.112 e. The van der Waals surface area contributed by atoms with Gasteiger partial charge in [-0.25, -0.2) is 4.99 Å². The largest absolute Gasteiger partial charge is 0.322 e. The van der Waals surface area contributed by atoms with Crippen LogP contribution in [0.15, 0.2) is 83.9 Å². The summed E-state index contributed by atoms with van der Waals surface area (Å²) in [6, 6.07) is 27.4. The Balaban J connectivity index is 1.69. The van der Waals surface area contributed by atoms with E-state index in [0.29, 0.717) is 6.04 Å². The van der Waals surface area contributed by atoms with Crippen molar-refractivity contribution in [3.05, 3.63) is 95.0 Å². The van der Waals surface area contributed by atoms with Gasteiger partial charge in [-0.05, 0) is 53.9 Å². The van der Waals surface area contributed by atoms with E-state index in [1.165, 1.54) is 16.8 Å². The van der Waals surface area contributed by atoms with Crippen LogP contribution < -0.4 is 4.90 Å². The van der Waals surface area contributed by atoms with Crippen LogP contribution in [0.4, 0.5) is 11.4 Å². The minimum atomic E-state index is 0.294. The van der Waals surface area contributed by atoms with E-state index in [9.17, 15) is 0 Å². The summed E-state index contributed by atoms with van der Waals surface area (Å²) in [5.74, 6) is 1.10. The van der Waals surface area contributed by atoms with Gasteiger partial charge in [0.1, 0.15) is 5.84 Å². The van der Waals surface area contributed by atoms with Crippen LogP contribution in [0.2, 0.25) is 5.02 Å². The predicted octanol–water partition coefficient (Wildman–Crippen LogP) is 6.58. The molecule has 1 aliphatic rings. The minimum Gasteiger partial charge on any atom is -0.322 e. The Morgan fingerprint density at radius 1 is 0.923 bits per heavy atom. The molecule has 0 bridgehead atoms. The molecule has 26 heavy (non-hydrogen) atoms. The molecule has 130 valence electrons. The van der Waals surface area contributed by atoms with E-state index in [1.807, 2.05) is 42.5 Å². The highest BCUT2D eigenvalue weighted by molar-refractivity contribution is 6.30. The number of hydrogen-bond acceptors (Lipinski definition) is 1. The van der Waals surface area contributed by atoms with Crippen LogP contribution in [0, 0.1) is 0 Å². The molecule has 3 aromatic carbocycles. The molecular formula is C23H21ClN2. The van der Waals surface area contributed by atoms with Crippen LogP contribution in [-0.4, -0.2) is 5.84 Å². The highest BCUT2D eigenvalue weighted by atomic mass is 35.5. The number of aliphatic imine (C=N–C) groups is 1. The summed E-state index contributed by atoms with van der Waals surface area (Å²) >= 11 is 6.06. The van der Waals surface area contributed by atoms with E-state index in [4.69, 9.17) is 16.6 Å². The number of halogens is 1. The molecule has 1 saturated heterocycles. The molecule has 1 unspecified atom stereocenters. The van der Waals surface area contributed by atoms with Crippen molar-refractivity contribution in [1.29, 1.82) is 0 Å². The molecule has 0 amide bonds. The van der Waals surface area contributed by atoms with Crippen LogP contribution in [0.1, 0.15) is 30.5 Å². The molecule has 0 radical (unpaired) electrons. The van der Waals surface area contributed by atoms with Gasteiger partial charge in [0.15, 0.2) is 0 Å². The third kappa shape index (κ3) is 3.38. The quantitative estimate of drug-likeness (QED) is 0.512. The maximum atomic E-state index is 6.06. The van der Waals surface area contributed by atoms with Gasteiger partial charge >= 0.3 is 0 Å². The van der Waals surface area contributed by atoms with Crippen molar-refractivity contribution in [3.63, 3.8) is 0 Å². The average Bonchev–Trinajstić information content (AvgIpc) is 2.67. The SMILES string of the molecule is CCc1ccc(N2/C(=N/c3ccccc3)CC2c2ccc(Cl)cc2)cc1. The van der Waals surface area contributed by atoms with Gasteiger partial charge in [0.05, 0.1) is 11.7 Å². The van der Waals surface area contributed by atoms with E-state index in [0.717, 1.165) is 29.4 Å². The molecule has 1 fully saturated rings. The van der Waals surface area contributed by atoms with E-state index in [-0.39, 0.29) is 0 Å². The van der Waals surface area contributed by atoms with Crippen LogP contribution in [0.3, 0.4) is 0 Å². The Morgan fingerprint density at radius 3 is 2.27 bits per heavy atom. The van der Waals surface area contributed by atoms with Crippen molar-refractivity contribution in [1.82, 2.24) is 0 Å². The highest BCUT2D eigenvalue weighted by Crippen LogP contribution is 2.40. The number of nitrogens with zero attached hydrogens (tertiary/aromatic N) is 2. The molecule has 2 nitrogen and oxygen atoms in total. The zero-order valence-electron chi connectivity index (χ0n) is 14.8. The normalized spacial score (nSPS) is 18.0. The Kier molecular flexibility index (Phi) is 4.77. The lowest BCUT2D eigenvalue weighted by Gasteiger charge is -2.44. The number of rotatable bonds is 4. The molecule has 3 heteroatoms. The predicted molar refractivity (Wildman–Crippen MR) is 111 cm³/mol. The first kappa shape index (κ1) is 16.9. The number of aryl methyl sites for hydroxylation is 1. The fourth-order valence-electron chi connectivity index (χ4n) is 3.35. The van der Waals surface area contributed by atoms with E-state index >= 15 is 0 Å². The summed E-state index contributed by atoms with van der Waals surface area (Å²) in [6.07, 6.45) is 1.97. The summed E-state index contributed by atoms with van der Waals surface area (Å²) in [6.45, 7) is 2.18. The first-order chi connectivity index (χ1) is 12.7. The van der Waals surface area contributed by atoms with Crippen LogP contribution in [0.5, 0.6) is 0 Å². The molecule has 0 aliphatic carbocycles. The Labute approximate surface area is 159 Å². The summed E-state index contributed by atoms with van der Waals surface area (Å²) in [5, 5.41) is 0.769. The Hall–Kier alpha value is -2.58. The topological polar surface area (TPSA) is 15.6 Å². The molecule has 0 aromatic heterocycles. The lowest BCUT2D eigenvalue weighted by Crippen LogP contribution is -2.46. The zero-order valence-corrected chi connectivity index (χ0v) is 15.5. The van der Waals surface area contributed by atoms with Gasteiger partial charge in [-0.2, -0.15) is 0 Å². The second-order valence-corrected chi connectivity index (χ2v) is 6.96. The molecule has 0 spiro atoms. The number of benzene rings is 3. The van der Waals surface area contributed by atoms with Crippen molar-refractivity contribution in [2.24, 2.45) is 4.99 Å². The standard InChI is InChI=1S/C23H21ClN2/c1-2-17-8-14-21(15-9-17)26-22(18-10-12-19(24)13-11-18)16-23(26)25-20-6-4-3-5-7-20/h3-15,22H,2,16H2,1H3/b25-23+. The van der Waals surface area contributed by atoms with Crippen LogP contribution >= 0.6 is 11.6 Å². The first-order valence-electron chi connectivity index (χ1n) is 9.01. The third-order valence-corrected chi connectivity index (χ3v) is 5.11. The summed E-state index contributed by atoms with van der Waals surface area (Å²) in [4.78, 5) is 7.20. The van der Waals surface area contributed by atoms with Crippen molar-refractivity contribution in [2.45, 2.75) is 25.8 Å². The molecule has 0 N–H and O–H groups in total. The number of anilines is 1. The fourth-order valence-corrected chi connectivity index (χ4v) is 3.48. The van der Waals surface area contributed by atoms with E-state index < -0.39 is 0 Å². The summed E-state index contributed by atoms with van der Waals surface area (Å²) in [5.41, 5.74) is 4.79. The number of para-hydroxylation sites is 1. The molecule has 4 rings (SSSR count). The molecule has 0 saturated carbocycles. The summed E-state index contributed by atoms with van der Waals surface area (Å²) in [7, 11) is 0. The second kappa shape index (κ2) is 7.35. The smallest absolute Gasteiger partial charge is 0.112 e. The highest BCUT2D eigenvalue weighted by Gasteiger charge is 2.36. The Bertz CT molecular complexity index is 899. The third-order valence-electron chi connectivity index (χ3n) is 4.86. The molecular weight excluding hydrogens is 340 g/mol. The van der Waals surface area contributed by atoms with Crippen molar-refractivity contribution >= 4 is 28.8 Å². The molecule has 1 heterocycles. The zero-order chi connectivity index (χ0) is 17.9. The maximum absolute atomic E-state index is 6.06. The van der Waals surface area contributed by atoms with Gasteiger partial charge in [0.25, 0.3) is 0 Å². The van der Waals surface area contributed by atoms with Crippen LogP contribution in [-0.2, 0) is 6.42 Å². The molecule has 3 aromatic rings. The van der Waals surface area contributed by atoms with Gasteiger partial charge < -0.3 is 4.90 Å². The molecule has 1 atom stereocenters. The number of hydrogen-bond donors (Lipinski definition) is 0. The van der Waals surface area contributed by atoms with Crippen molar-refractivity contribution in [2.75, 3.05) is 4.90 Å². The molecule has 1 aliphatic heterocycles. The monoisotopic (exact) mass is 360 g/mol. The number of amidine groups is 1. The van der Waals surface area contributed by atoms with Gasteiger partial charge in [0.2, 0.25) is 0 Å². The van der Waals surface area contributed by atoms with Crippen molar-refractivity contribution < 1.29 is 0 Å². The van der Waals surface area contributed by atoms with E-state index in [1.54, 1.807) is 0 Å². The fraction of sp³-hybridized carbons (Fsp3) is 0.174. The van der Waals surface area contributed by atoms with Crippen LogP contribution in [0.25, 0.3) is 0 Å².